The Morgan fingerprint density at radius 3 is 2.69 bits per heavy atom. The average molecular weight is 299 g/mol. The zero-order valence-electron chi connectivity index (χ0n) is 9.38. The van der Waals surface area contributed by atoms with Crippen molar-refractivity contribution in [3.8, 4) is 0 Å². The van der Waals surface area contributed by atoms with Gasteiger partial charge in [-0.3, -0.25) is 0 Å². The molecule has 2 nitrogen and oxygen atoms in total. The maximum atomic E-state index is 5.72. The van der Waals surface area contributed by atoms with Gasteiger partial charge in [0.1, 0.15) is 4.99 Å². The van der Waals surface area contributed by atoms with Crippen molar-refractivity contribution < 1.29 is 0 Å². The lowest BCUT2D eigenvalue weighted by atomic mass is 10.1. The van der Waals surface area contributed by atoms with Crippen molar-refractivity contribution in [2.24, 2.45) is 11.1 Å². The molecule has 0 aromatic heterocycles. The smallest absolute Gasteiger partial charge is 0.106 e. The van der Waals surface area contributed by atoms with Gasteiger partial charge in [0.2, 0.25) is 0 Å². The molecular formula is C12H15BrN2S. The van der Waals surface area contributed by atoms with Gasteiger partial charge < -0.3 is 11.1 Å². The zero-order valence-corrected chi connectivity index (χ0v) is 11.8. The number of anilines is 1. The molecule has 1 aromatic rings. The van der Waals surface area contributed by atoms with E-state index in [1.165, 1.54) is 6.42 Å². The van der Waals surface area contributed by atoms with Crippen LogP contribution in [0.5, 0.6) is 0 Å². The molecule has 0 aliphatic heterocycles. The molecule has 3 N–H and O–H groups in total. The number of hydrogen-bond donors (Lipinski definition) is 2. The van der Waals surface area contributed by atoms with Crippen LogP contribution in [0.2, 0.25) is 0 Å². The highest BCUT2D eigenvalue weighted by atomic mass is 79.9. The number of halogens is 1. The third-order valence-electron chi connectivity index (χ3n) is 3.09. The van der Waals surface area contributed by atoms with Gasteiger partial charge in [-0.15, -0.1) is 0 Å². The second-order valence-electron chi connectivity index (χ2n) is 4.94. The van der Waals surface area contributed by atoms with Crippen LogP contribution < -0.4 is 11.1 Å². The topological polar surface area (TPSA) is 38.0 Å². The fourth-order valence-electron chi connectivity index (χ4n) is 1.75. The third-order valence-corrected chi connectivity index (χ3v) is 3.80. The Balaban J connectivity index is 2.24. The molecule has 0 bridgehead atoms. The van der Waals surface area contributed by atoms with Crippen LogP contribution in [0.1, 0.15) is 25.8 Å². The molecule has 86 valence electrons. The van der Waals surface area contributed by atoms with Gasteiger partial charge in [0.25, 0.3) is 0 Å². The van der Waals surface area contributed by atoms with Gasteiger partial charge in [0.15, 0.2) is 0 Å². The lowest BCUT2D eigenvalue weighted by Gasteiger charge is -2.13. The Labute approximate surface area is 110 Å². The molecule has 1 aliphatic carbocycles. The molecule has 1 aromatic carbocycles. The lowest BCUT2D eigenvalue weighted by molar-refractivity contribution is 0.630. The highest BCUT2D eigenvalue weighted by molar-refractivity contribution is 9.10. The molecule has 0 heterocycles. The number of thiocarbonyl (C=S) groups is 1. The van der Waals surface area contributed by atoms with Crippen LogP contribution >= 0.6 is 28.1 Å². The van der Waals surface area contributed by atoms with Gasteiger partial charge in [0, 0.05) is 21.8 Å². The molecule has 0 radical (unpaired) electrons. The van der Waals surface area contributed by atoms with Crippen LogP contribution in [-0.4, -0.2) is 11.0 Å². The van der Waals surface area contributed by atoms with Gasteiger partial charge >= 0.3 is 0 Å². The molecule has 1 unspecified atom stereocenters. The van der Waals surface area contributed by atoms with Crippen LogP contribution in [0.4, 0.5) is 5.69 Å². The van der Waals surface area contributed by atoms with Crippen LogP contribution in [-0.2, 0) is 0 Å². The van der Waals surface area contributed by atoms with Gasteiger partial charge in [-0.1, -0.05) is 42.0 Å². The Morgan fingerprint density at radius 2 is 2.19 bits per heavy atom. The Hall–Kier alpha value is -0.610. The second kappa shape index (κ2) is 4.00. The van der Waals surface area contributed by atoms with Crippen molar-refractivity contribution in [1.29, 1.82) is 0 Å². The van der Waals surface area contributed by atoms with Crippen molar-refractivity contribution in [2.75, 3.05) is 5.32 Å². The molecular weight excluding hydrogens is 284 g/mol. The fourth-order valence-corrected chi connectivity index (χ4v) is 2.28. The largest absolute Gasteiger partial charge is 0.389 e. The van der Waals surface area contributed by atoms with Crippen LogP contribution in [0.3, 0.4) is 0 Å². The van der Waals surface area contributed by atoms with Crippen molar-refractivity contribution >= 4 is 38.8 Å². The van der Waals surface area contributed by atoms with Crippen molar-refractivity contribution in [2.45, 2.75) is 26.3 Å². The maximum Gasteiger partial charge on any atom is 0.106 e. The lowest BCUT2D eigenvalue weighted by Crippen LogP contribution is -2.16. The molecule has 1 saturated carbocycles. The summed E-state index contributed by atoms with van der Waals surface area (Å²) in [4.78, 5) is 0.433. The normalized spacial score (nSPS) is 21.6. The molecule has 1 fully saturated rings. The quantitative estimate of drug-likeness (QED) is 0.841. The molecule has 16 heavy (non-hydrogen) atoms. The summed E-state index contributed by atoms with van der Waals surface area (Å²) in [5, 5.41) is 3.49. The number of benzene rings is 1. The number of hydrogen-bond acceptors (Lipinski definition) is 2. The first-order valence-corrected chi connectivity index (χ1v) is 6.46. The Kier molecular flexibility index (Phi) is 2.97. The number of nitrogens with two attached hydrogens (primary N) is 1. The predicted molar refractivity (Wildman–Crippen MR) is 75.8 cm³/mol. The predicted octanol–water partition coefficient (Wildman–Crippen LogP) is 3.29. The maximum absolute atomic E-state index is 5.72. The number of nitrogens with one attached hydrogen (secondary N) is 1. The molecule has 0 spiro atoms. The van der Waals surface area contributed by atoms with Crippen LogP contribution in [0, 0.1) is 5.41 Å². The first kappa shape index (κ1) is 11.9. The molecule has 0 saturated heterocycles. The van der Waals surface area contributed by atoms with Crippen molar-refractivity contribution in [3.63, 3.8) is 0 Å². The standard InChI is InChI=1S/C12H15BrN2S/c1-12(2)6-10(12)15-9-4-3-7(13)5-8(9)11(14)16/h3-5,10,15H,6H2,1-2H3,(H2,14,16). The van der Waals surface area contributed by atoms with E-state index in [1.54, 1.807) is 0 Å². The Morgan fingerprint density at radius 1 is 1.56 bits per heavy atom. The first-order valence-electron chi connectivity index (χ1n) is 5.26. The highest BCUT2D eigenvalue weighted by Gasteiger charge is 2.45. The van der Waals surface area contributed by atoms with E-state index in [9.17, 15) is 0 Å². The van der Waals surface area contributed by atoms with E-state index in [0.29, 0.717) is 16.4 Å². The average Bonchev–Trinajstić information content (AvgIpc) is 2.76. The van der Waals surface area contributed by atoms with E-state index >= 15 is 0 Å². The van der Waals surface area contributed by atoms with Crippen LogP contribution in [0.15, 0.2) is 22.7 Å². The van der Waals surface area contributed by atoms with Crippen LogP contribution in [0.25, 0.3) is 0 Å². The summed E-state index contributed by atoms with van der Waals surface area (Å²) in [5.41, 5.74) is 8.05. The molecule has 4 heteroatoms. The second-order valence-corrected chi connectivity index (χ2v) is 6.30. The van der Waals surface area contributed by atoms with E-state index in [2.05, 4.69) is 35.1 Å². The summed E-state index contributed by atoms with van der Waals surface area (Å²) in [5.74, 6) is 0. The highest BCUT2D eigenvalue weighted by Crippen LogP contribution is 2.46. The van der Waals surface area contributed by atoms with E-state index in [-0.39, 0.29) is 0 Å². The fraction of sp³-hybridized carbons (Fsp3) is 0.417. The minimum absolute atomic E-state index is 0.389. The van der Waals surface area contributed by atoms with Gasteiger partial charge in [-0.05, 0) is 30.0 Å². The first-order chi connectivity index (χ1) is 7.40. The van der Waals surface area contributed by atoms with Gasteiger partial charge in [0.05, 0.1) is 0 Å². The number of rotatable bonds is 3. The van der Waals surface area contributed by atoms with E-state index in [1.807, 2.05) is 18.2 Å². The summed E-state index contributed by atoms with van der Waals surface area (Å²) < 4.78 is 0.996. The molecule has 2 rings (SSSR count). The molecule has 1 aliphatic rings. The third kappa shape index (κ3) is 2.38. The monoisotopic (exact) mass is 298 g/mol. The summed E-state index contributed by atoms with van der Waals surface area (Å²) in [6.07, 6.45) is 1.19. The summed E-state index contributed by atoms with van der Waals surface area (Å²) in [6, 6.07) is 6.51. The Bertz CT molecular complexity index is 443. The van der Waals surface area contributed by atoms with E-state index < -0.39 is 0 Å². The van der Waals surface area contributed by atoms with Crippen molar-refractivity contribution in [3.05, 3.63) is 28.2 Å². The minimum Gasteiger partial charge on any atom is -0.389 e. The SMILES string of the molecule is CC1(C)CC1Nc1ccc(Br)cc1C(N)=S. The van der Waals surface area contributed by atoms with Gasteiger partial charge in [-0.25, -0.2) is 0 Å². The van der Waals surface area contributed by atoms with E-state index in [0.717, 1.165) is 15.7 Å². The molecule has 1 atom stereocenters. The van der Waals surface area contributed by atoms with Gasteiger partial charge in [-0.2, -0.15) is 0 Å². The van der Waals surface area contributed by atoms with Crippen molar-refractivity contribution in [1.82, 2.24) is 0 Å². The summed E-state index contributed by atoms with van der Waals surface area (Å²) >= 11 is 8.48. The minimum atomic E-state index is 0.389. The summed E-state index contributed by atoms with van der Waals surface area (Å²) in [6.45, 7) is 4.51. The summed E-state index contributed by atoms with van der Waals surface area (Å²) in [7, 11) is 0. The molecule has 0 amide bonds. The van der Waals surface area contributed by atoms with E-state index in [4.69, 9.17) is 18.0 Å². The zero-order chi connectivity index (χ0) is 11.9.